The van der Waals surface area contributed by atoms with E-state index in [2.05, 4.69) is 38.1 Å². The Morgan fingerprint density at radius 2 is 1.90 bits per heavy atom. The minimum atomic E-state index is -0.498. The number of nitrogens with zero attached hydrogens (tertiary/aromatic N) is 2. The zero-order chi connectivity index (χ0) is 21.4. The van der Waals surface area contributed by atoms with Crippen molar-refractivity contribution in [2.24, 2.45) is 0 Å². The fourth-order valence-electron chi connectivity index (χ4n) is 3.03. The number of aryl methyl sites for hydroxylation is 1. The highest BCUT2D eigenvalue weighted by Crippen LogP contribution is 2.30. The van der Waals surface area contributed by atoms with Crippen LogP contribution in [0, 0.1) is 0 Å². The third-order valence-electron chi connectivity index (χ3n) is 4.79. The van der Waals surface area contributed by atoms with Gasteiger partial charge in [0, 0.05) is 27.3 Å². The summed E-state index contributed by atoms with van der Waals surface area (Å²) in [6, 6.07) is 7.94. The molecule has 0 amide bonds. The average molecular weight is 410 g/mol. The molecule has 0 aliphatic rings. The van der Waals surface area contributed by atoms with Gasteiger partial charge in [-0.1, -0.05) is 38.1 Å². The Morgan fingerprint density at radius 3 is 2.41 bits per heavy atom. The number of carbonyl (C=O) groups excluding carboxylic acids is 1. The number of allylic oxidation sites excluding steroid dienone is 2. The van der Waals surface area contributed by atoms with E-state index in [1.807, 2.05) is 44.2 Å². The quantitative estimate of drug-likeness (QED) is 0.379. The summed E-state index contributed by atoms with van der Waals surface area (Å²) >= 11 is 1.66. The van der Waals surface area contributed by atoms with E-state index in [-0.39, 0.29) is 0 Å². The van der Waals surface area contributed by atoms with Crippen LogP contribution in [0.15, 0.2) is 43.0 Å². The second-order valence-corrected chi connectivity index (χ2v) is 8.24. The first-order chi connectivity index (χ1) is 13.9. The second-order valence-electron chi connectivity index (χ2n) is 7.39. The van der Waals surface area contributed by atoms with E-state index in [0.717, 1.165) is 58.2 Å². The van der Waals surface area contributed by atoms with Gasteiger partial charge in [-0.05, 0) is 57.1 Å². The number of nitrogens with one attached hydrogen (secondary N) is 1. The molecule has 0 unspecified atom stereocenters. The SMILES string of the molecule is C=CCc1c(CC)nc(/C(=C/CC)SC)nc1Nc1ccc(C(C)(C)C=O)cc1. The summed E-state index contributed by atoms with van der Waals surface area (Å²) in [7, 11) is 0. The smallest absolute Gasteiger partial charge is 0.167 e. The van der Waals surface area contributed by atoms with Gasteiger partial charge in [0.25, 0.3) is 0 Å². The molecular formula is C24H31N3OS. The molecule has 1 aromatic heterocycles. The molecule has 0 saturated carbocycles. The molecule has 29 heavy (non-hydrogen) atoms. The van der Waals surface area contributed by atoms with Gasteiger partial charge in [-0.3, -0.25) is 0 Å². The molecule has 2 aromatic rings. The van der Waals surface area contributed by atoms with Crippen molar-refractivity contribution in [1.82, 2.24) is 9.97 Å². The van der Waals surface area contributed by atoms with Crippen molar-refractivity contribution in [3.8, 4) is 0 Å². The number of aldehydes is 1. The second kappa shape index (κ2) is 10.4. The van der Waals surface area contributed by atoms with Crippen LogP contribution in [0.4, 0.5) is 11.5 Å². The number of hydrogen-bond acceptors (Lipinski definition) is 5. The van der Waals surface area contributed by atoms with Crippen LogP contribution in [0.5, 0.6) is 0 Å². The van der Waals surface area contributed by atoms with Gasteiger partial charge >= 0.3 is 0 Å². The molecule has 0 bridgehead atoms. The summed E-state index contributed by atoms with van der Waals surface area (Å²) in [5.74, 6) is 1.57. The van der Waals surface area contributed by atoms with E-state index in [1.165, 1.54) is 0 Å². The highest BCUT2D eigenvalue weighted by molar-refractivity contribution is 8.07. The first-order valence-electron chi connectivity index (χ1n) is 9.99. The summed E-state index contributed by atoms with van der Waals surface area (Å²) in [6.07, 6.45) is 9.54. The van der Waals surface area contributed by atoms with Crippen molar-refractivity contribution in [2.75, 3.05) is 11.6 Å². The number of hydrogen-bond donors (Lipinski definition) is 1. The largest absolute Gasteiger partial charge is 0.340 e. The van der Waals surface area contributed by atoms with E-state index in [9.17, 15) is 4.79 Å². The predicted molar refractivity (Wildman–Crippen MR) is 126 cm³/mol. The Bertz CT molecular complexity index is 886. The number of benzene rings is 1. The third-order valence-corrected chi connectivity index (χ3v) is 5.58. The standard InChI is InChI=1S/C24H31N3OS/c1-7-10-19-20(9-3)26-23(21(29-6)11-8-2)27-22(19)25-18-14-12-17(13-15-18)24(4,5)16-28/h7,11-16H,1,8-10H2,2-6H3,(H,25,26,27)/b21-11-. The molecule has 0 aliphatic heterocycles. The molecule has 4 nitrogen and oxygen atoms in total. The topological polar surface area (TPSA) is 54.9 Å². The lowest BCUT2D eigenvalue weighted by Crippen LogP contribution is -2.18. The Kier molecular flexibility index (Phi) is 8.21. The lowest BCUT2D eigenvalue weighted by atomic mass is 9.86. The van der Waals surface area contributed by atoms with E-state index >= 15 is 0 Å². The van der Waals surface area contributed by atoms with E-state index < -0.39 is 5.41 Å². The maximum atomic E-state index is 11.3. The molecule has 0 saturated heterocycles. The van der Waals surface area contributed by atoms with Crippen LogP contribution in [0.1, 0.15) is 56.8 Å². The summed E-state index contributed by atoms with van der Waals surface area (Å²) in [4.78, 5) is 22.1. The molecule has 0 aliphatic carbocycles. The van der Waals surface area contributed by atoms with Crippen molar-refractivity contribution < 1.29 is 4.79 Å². The normalized spacial score (nSPS) is 12.0. The number of carbonyl (C=O) groups is 1. The molecule has 0 spiro atoms. The van der Waals surface area contributed by atoms with E-state index in [1.54, 1.807) is 11.8 Å². The molecule has 1 aromatic carbocycles. The zero-order valence-electron chi connectivity index (χ0n) is 18.1. The minimum Gasteiger partial charge on any atom is -0.340 e. The zero-order valence-corrected chi connectivity index (χ0v) is 18.9. The van der Waals surface area contributed by atoms with Crippen LogP contribution in [0.25, 0.3) is 4.91 Å². The number of anilines is 2. The molecule has 0 radical (unpaired) electrons. The monoisotopic (exact) mass is 409 g/mol. The molecular weight excluding hydrogens is 378 g/mol. The molecule has 1 heterocycles. The first kappa shape index (κ1) is 22.9. The van der Waals surface area contributed by atoms with Crippen LogP contribution >= 0.6 is 11.8 Å². The highest BCUT2D eigenvalue weighted by atomic mass is 32.2. The Balaban J connectivity index is 2.50. The Hall–Kier alpha value is -2.40. The number of aromatic nitrogens is 2. The van der Waals surface area contributed by atoms with Crippen LogP contribution in [-0.2, 0) is 23.1 Å². The summed E-state index contributed by atoms with van der Waals surface area (Å²) in [5, 5.41) is 3.47. The van der Waals surface area contributed by atoms with Gasteiger partial charge in [-0.25, -0.2) is 9.97 Å². The molecule has 1 N–H and O–H groups in total. The third kappa shape index (κ3) is 5.57. The Labute approximate surface area is 178 Å². The van der Waals surface area contributed by atoms with Gasteiger partial charge in [0.2, 0.25) is 0 Å². The average Bonchev–Trinajstić information content (AvgIpc) is 2.73. The van der Waals surface area contributed by atoms with Gasteiger partial charge < -0.3 is 10.1 Å². The van der Waals surface area contributed by atoms with Gasteiger partial charge in [0.05, 0.1) is 0 Å². The van der Waals surface area contributed by atoms with Crippen molar-refractivity contribution in [1.29, 1.82) is 0 Å². The van der Waals surface area contributed by atoms with Crippen molar-refractivity contribution >= 4 is 34.5 Å². The van der Waals surface area contributed by atoms with Crippen molar-refractivity contribution in [3.05, 3.63) is 65.6 Å². The predicted octanol–water partition coefficient (Wildman–Crippen LogP) is 6.10. The Morgan fingerprint density at radius 1 is 1.21 bits per heavy atom. The number of rotatable bonds is 10. The lowest BCUT2D eigenvalue weighted by molar-refractivity contribution is -0.111. The molecule has 154 valence electrons. The van der Waals surface area contributed by atoms with Gasteiger partial charge in [0.1, 0.15) is 12.1 Å². The van der Waals surface area contributed by atoms with Crippen molar-refractivity contribution in [2.45, 2.75) is 52.4 Å². The van der Waals surface area contributed by atoms with Gasteiger partial charge in [-0.2, -0.15) is 0 Å². The molecule has 2 rings (SSSR count). The fraction of sp³-hybridized carbons (Fsp3) is 0.375. The first-order valence-corrected chi connectivity index (χ1v) is 11.2. The maximum Gasteiger partial charge on any atom is 0.167 e. The van der Waals surface area contributed by atoms with E-state index in [4.69, 9.17) is 9.97 Å². The van der Waals surface area contributed by atoms with Gasteiger partial charge in [0.15, 0.2) is 5.82 Å². The minimum absolute atomic E-state index is 0.498. The number of thioether (sulfide) groups is 1. The molecule has 0 fully saturated rings. The summed E-state index contributed by atoms with van der Waals surface area (Å²) in [6.45, 7) is 12.0. The van der Waals surface area contributed by atoms with Crippen LogP contribution in [-0.4, -0.2) is 22.5 Å². The van der Waals surface area contributed by atoms with Crippen LogP contribution in [0.2, 0.25) is 0 Å². The van der Waals surface area contributed by atoms with Crippen LogP contribution < -0.4 is 5.32 Å². The highest BCUT2D eigenvalue weighted by Gasteiger charge is 2.19. The fourth-order valence-corrected chi connectivity index (χ4v) is 3.64. The summed E-state index contributed by atoms with van der Waals surface area (Å²) in [5.41, 5.74) is 3.52. The van der Waals surface area contributed by atoms with Gasteiger partial charge in [-0.15, -0.1) is 18.3 Å². The summed E-state index contributed by atoms with van der Waals surface area (Å²) < 4.78 is 0. The molecule has 0 atom stereocenters. The van der Waals surface area contributed by atoms with Crippen LogP contribution in [0.3, 0.4) is 0 Å². The maximum absolute atomic E-state index is 11.3. The van der Waals surface area contributed by atoms with E-state index in [0.29, 0.717) is 6.42 Å². The lowest BCUT2D eigenvalue weighted by Gasteiger charge is -2.19. The van der Waals surface area contributed by atoms with Crippen molar-refractivity contribution in [3.63, 3.8) is 0 Å². The molecule has 5 heteroatoms.